The maximum atomic E-state index is 5.79. The van der Waals surface area contributed by atoms with Crippen LogP contribution in [0.2, 0.25) is 0 Å². The molecule has 114 valence electrons. The minimum Gasteiger partial charge on any atom is -0.373 e. The van der Waals surface area contributed by atoms with Crippen LogP contribution in [0.15, 0.2) is 29.3 Å². The predicted octanol–water partition coefficient (Wildman–Crippen LogP) is 2.06. The second-order valence-electron chi connectivity index (χ2n) is 6.31. The van der Waals surface area contributed by atoms with Crippen LogP contribution < -0.4 is 10.6 Å². The molecule has 1 aliphatic carbocycles. The topological polar surface area (TPSA) is 45.7 Å². The molecular weight excluding hydrogens is 262 g/mol. The molecule has 0 radical (unpaired) electrons. The Kier molecular flexibility index (Phi) is 4.15. The molecular formula is C17H25N3O. The van der Waals surface area contributed by atoms with Gasteiger partial charge in [0.05, 0.1) is 5.60 Å². The first kappa shape index (κ1) is 14.4. The van der Waals surface area contributed by atoms with Gasteiger partial charge in [-0.3, -0.25) is 4.99 Å². The van der Waals surface area contributed by atoms with E-state index in [2.05, 4.69) is 46.8 Å². The molecule has 2 N–H and O–H groups in total. The summed E-state index contributed by atoms with van der Waals surface area (Å²) in [4.78, 5) is 4.31. The lowest BCUT2D eigenvalue weighted by Gasteiger charge is -2.31. The third kappa shape index (κ3) is 3.21. The van der Waals surface area contributed by atoms with Crippen molar-refractivity contribution < 1.29 is 4.74 Å². The van der Waals surface area contributed by atoms with E-state index < -0.39 is 0 Å². The van der Waals surface area contributed by atoms with Crippen molar-refractivity contribution >= 4 is 5.96 Å². The Morgan fingerprint density at radius 3 is 2.95 bits per heavy atom. The number of benzene rings is 1. The number of nitrogens with zero attached hydrogens (tertiary/aromatic N) is 1. The van der Waals surface area contributed by atoms with Crippen molar-refractivity contribution in [3.8, 4) is 0 Å². The summed E-state index contributed by atoms with van der Waals surface area (Å²) in [5, 5.41) is 6.83. The third-order valence-corrected chi connectivity index (χ3v) is 4.63. The fourth-order valence-electron chi connectivity index (χ4n) is 3.23. The zero-order chi connectivity index (χ0) is 14.7. The van der Waals surface area contributed by atoms with E-state index in [1.54, 1.807) is 0 Å². The van der Waals surface area contributed by atoms with Gasteiger partial charge in [-0.05, 0) is 37.3 Å². The van der Waals surface area contributed by atoms with Gasteiger partial charge in [-0.1, -0.05) is 24.3 Å². The standard InChI is InChI=1S/C17H25N3O/c1-17(8-5-9-21-17)12-20-16(18-2)19-11-14-10-13-6-3-4-7-15(13)14/h3-4,6-7,14H,5,8-12H2,1-2H3,(H2,18,19,20). The van der Waals surface area contributed by atoms with Gasteiger partial charge in [-0.25, -0.2) is 0 Å². The summed E-state index contributed by atoms with van der Waals surface area (Å²) in [6.07, 6.45) is 3.44. The Labute approximate surface area is 127 Å². The molecule has 0 spiro atoms. The van der Waals surface area contributed by atoms with Crippen molar-refractivity contribution in [3.05, 3.63) is 35.4 Å². The Morgan fingerprint density at radius 2 is 2.24 bits per heavy atom. The lowest BCUT2D eigenvalue weighted by atomic mass is 9.78. The molecule has 2 atom stereocenters. The van der Waals surface area contributed by atoms with Crippen LogP contribution >= 0.6 is 0 Å². The van der Waals surface area contributed by atoms with Crippen LogP contribution in [-0.4, -0.2) is 38.3 Å². The minimum absolute atomic E-state index is 0.0410. The van der Waals surface area contributed by atoms with Crippen LogP contribution in [0.1, 0.15) is 36.8 Å². The quantitative estimate of drug-likeness (QED) is 0.658. The summed E-state index contributed by atoms with van der Waals surface area (Å²) in [6.45, 7) is 4.80. The molecule has 0 aromatic heterocycles. The molecule has 3 rings (SSSR count). The van der Waals surface area contributed by atoms with Gasteiger partial charge in [0.2, 0.25) is 0 Å². The minimum atomic E-state index is -0.0410. The van der Waals surface area contributed by atoms with Crippen molar-refractivity contribution in [2.45, 2.75) is 37.7 Å². The second kappa shape index (κ2) is 6.06. The van der Waals surface area contributed by atoms with Gasteiger partial charge in [0.25, 0.3) is 0 Å². The molecule has 1 aliphatic heterocycles. The van der Waals surface area contributed by atoms with Crippen molar-refractivity contribution in [2.75, 3.05) is 26.7 Å². The summed E-state index contributed by atoms with van der Waals surface area (Å²) in [5.41, 5.74) is 2.92. The van der Waals surface area contributed by atoms with Crippen molar-refractivity contribution in [1.82, 2.24) is 10.6 Å². The molecule has 1 aromatic rings. The fourth-order valence-corrected chi connectivity index (χ4v) is 3.23. The highest BCUT2D eigenvalue weighted by Gasteiger charge is 2.30. The molecule has 1 heterocycles. The van der Waals surface area contributed by atoms with E-state index in [0.717, 1.165) is 38.5 Å². The number of nitrogens with one attached hydrogen (secondary N) is 2. The predicted molar refractivity (Wildman–Crippen MR) is 85.8 cm³/mol. The summed E-state index contributed by atoms with van der Waals surface area (Å²) in [5.74, 6) is 1.48. The van der Waals surface area contributed by atoms with Gasteiger partial charge in [0.15, 0.2) is 5.96 Å². The first-order valence-corrected chi connectivity index (χ1v) is 7.86. The molecule has 4 nitrogen and oxygen atoms in total. The van der Waals surface area contributed by atoms with Crippen LogP contribution in [0.25, 0.3) is 0 Å². The monoisotopic (exact) mass is 287 g/mol. The van der Waals surface area contributed by atoms with Gasteiger partial charge in [0, 0.05) is 32.7 Å². The molecule has 4 heteroatoms. The normalized spacial score (nSPS) is 27.9. The molecule has 0 bridgehead atoms. The molecule has 2 unspecified atom stereocenters. The van der Waals surface area contributed by atoms with Gasteiger partial charge in [-0.2, -0.15) is 0 Å². The Morgan fingerprint density at radius 1 is 1.38 bits per heavy atom. The lowest BCUT2D eigenvalue weighted by Crippen LogP contribution is -2.47. The molecule has 1 aromatic carbocycles. The lowest BCUT2D eigenvalue weighted by molar-refractivity contribution is 0.0243. The first-order valence-electron chi connectivity index (χ1n) is 7.86. The van der Waals surface area contributed by atoms with Crippen molar-refractivity contribution in [1.29, 1.82) is 0 Å². The van der Waals surface area contributed by atoms with Gasteiger partial charge >= 0.3 is 0 Å². The number of rotatable bonds is 4. The second-order valence-corrected chi connectivity index (χ2v) is 6.31. The Balaban J connectivity index is 1.46. The largest absolute Gasteiger partial charge is 0.373 e. The highest BCUT2D eigenvalue weighted by molar-refractivity contribution is 5.79. The van der Waals surface area contributed by atoms with Gasteiger partial charge < -0.3 is 15.4 Å². The van der Waals surface area contributed by atoms with Crippen LogP contribution in [-0.2, 0) is 11.2 Å². The van der Waals surface area contributed by atoms with E-state index in [1.807, 2.05) is 7.05 Å². The Hall–Kier alpha value is -1.55. The van der Waals surface area contributed by atoms with E-state index in [1.165, 1.54) is 17.5 Å². The first-order chi connectivity index (χ1) is 10.2. The zero-order valence-corrected chi connectivity index (χ0v) is 13.0. The molecule has 0 saturated carbocycles. The number of aliphatic imine (C=N–C) groups is 1. The van der Waals surface area contributed by atoms with Crippen LogP contribution in [0.3, 0.4) is 0 Å². The average molecular weight is 287 g/mol. The number of hydrogen-bond donors (Lipinski definition) is 2. The SMILES string of the molecule is CN=C(NCC1Cc2ccccc21)NCC1(C)CCCO1. The third-order valence-electron chi connectivity index (χ3n) is 4.63. The summed E-state index contributed by atoms with van der Waals surface area (Å²) in [7, 11) is 1.82. The molecule has 1 fully saturated rings. The van der Waals surface area contributed by atoms with E-state index in [9.17, 15) is 0 Å². The smallest absolute Gasteiger partial charge is 0.191 e. The van der Waals surface area contributed by atoms with Crippen molar-refractivity contribution in [2.24, 2.45) is 4.99 Å². The van der Waals surface area contributed by atoms with Crippen molar-refractivity contribution in [3.63, 3.8) is 0 Å². The highest BCUT2D eigenvalue weighted by atomic mass is 16.5. The van der Waals surface area contributed by atoms with Gasteiger partial charge in [-0.15, -0.1) is 0 Å². The van der Waals surface area contributed by atoms with E-state index in [0.29, 0.717) is 5.92 Å². The van der Waals surface area contributed by atoms with E-state index in [-0.39, 0.29) is 5.60 Å². The fraction of sp³-hybridized carbons (Fsp3) is 0.588. The summed E-state index contributed by atoms with van der Waals surface area (Å²) in [6, 6.07) is 8.69. The Bertz CT molecular complexity index is 521. The molecule has 2 aliphatic rings. The number of ether oxygens (including phenoxy) is 1. The average Bonchev–Trinajstić information content (AvgIpc) is 2.90. The maximum absolute atomic E-state index is 5.79. The molecule has 1 saturated heterocycles. The molecule has 0 amide bonds. The highest BCUT2D eigenvalue weighted by Crippen LogP contribution is 2.33. The van der Waals surface area contributed by atoms with Crippen LogP contribution in [0.5, 0.6) is 0 Å². The van der Waals surface area contributed by atoms with Crippen LogP contribution in [0.4, 0.5) is 0 Å². The van der Waals surface area contributed by atoms with Gasteiger partial charge in [0.1, 0.15) is 0 Å². The number of hydrogen-bond acceptors (Lipinski definition) is 2. The zero-order valence-electron chi connectivity index (χ0n) is 13.0. The molecule has 21 heavy (non-hydrogen) atoms. The van der Waals surface area contributed by atoms with E-state index in [4.69, 9.17) is 4.74 Å². The van der Waals surface area contributed by atoms with E-state index >= 15 is 0 Å². The number of guanidine groups is 1. The van der Waals surface area contributed by atoms with Crippen LogP contribution in [0, 0.1) is 0 Å². The summed E-state index contributed by atoms with van der Waals surface area (Å²) >= 11 is 0. The maximum Gasteiger partial charge on any atom is 0.191 e. The summed E-state index contributed by atoms with van der Waals surface area (Å²) < 4.78 is 5.79. The number of fused-ring (bicyclic) bond motifs is 1.